The van der Waals surface area contributed by atoms with Gasteiger partial charge in [-0.15, -0.1) is 0 Å². The molecular weight excluding hydrogens is 438 g/mol. The van der Waals surface area contributed by atoms with Gasteiger partial charge >= 0.3 is 0 Å². The Morgan fingerprint density at radius 2 is 1.97 bits per heavy atom. The summed E-state index contributed by atoms with van der Waals surface area (Å²) < 4.78 is 30.9. The summed E-state index contributed by atoms with van der Waals surface area (Å²) in [5.41, 5.74) is 4.19. The van der Waals surface area contributed by atoms with Gasteiger partial charge in [0.15, 0.2) is 9.84 Å². The molecule has 4 rings (SSSR count). The molecule has 0 saturated carbocycles. The zero-order valence-electron chi connectivity index (χ0n) is 19.3. The third-order valence-electron chi connectivity index (χ3n) is 5.60. The second kappa shape index (κ2) is 9.13. The summed E-state index contributed by atoms with van der Waals surface area (Å²) in [6.07, 6.45) is 1.17. The first-order valence-corrected chi connectivity index (χ1v) is 12.5. The summed E-state index contributed by atoms with van der Waals surface area (Å²) in [7, 11) is 0.464. The second-order valence-corrected chi connectivity index (χ2v) is 10.8. The van der Waals surface area contributed by atoms with E-state index in [9.17, 15) is 13.5 Å². The van der Waals surface area contributed by atoms with Crippen LogP contribution in [0.15, 0.2) is 53.6 Å². The van der Waals surface area contributed by atoms with Crippen molar-refractivity contribution in [3.8, 4) is 16.9 Å². The Kier molecular flexibility index (Phi) is 6.43. The van der Waals surface area contributed by atoms with Crippen LogP contribution in [0.1, 0.15) is 12.5 Å². The highest BCUT2D eigenvalue weighted by Gasteiger charge is 2.18. The molecule has 2 heterocycles. The van der Waals surface area contributed by atoms with E-state index in [0.29, 0.717) is 17.2 Å². The number of H-pyrrole nitrogens is 1. The normalized spacial score (nSPS) is 13.2. The van der Waals surface area contributed by atoms with Crippen molar-refractivity contribution in [2.75, 3.05) is 33.0 Å². The number of benzene rings is 2. The lowest BCUT2D eigenvalue weighted by Gasteiger charge is -2.17. The highest BCUT2D eigenvalue weighted by molar-refractivity contribution is 7.91. The Bertz CT molecular complexity index is 1410. The molecular formula is C25H29N3O4S. The fourth-order valence-electron chi connectivity index (χ4n) is 4.01. The molecule has 33 heavy (non-hydrogen) atoms. The summed E-state index contributed by atoms with van der Waals surface area (Å²) in [4.78, 5) is 10.1. The first-order valence-electron chi connectivity index (χ1n) is 10.9. The molecule has 0 amide bonds. The summed E-state index contributed by atoms with van der Waals surface area (Å²) in [6.45, 7) is 4.27. The van der Waals surface area contributed by atoms with Crippen LogP contribution in [0, 0.1) is 6.92 Å². The quantitative estimate of drug-likeness (QED) is 0.409. The Morgan fingerprint density at radius 1 is 1.18 bits per heavy atom. The molecule has 2 aromatic carbocycles. The number of sulfone groups is 1. The molecule has 0 aliphatic carbocycles. The number of aryl methyl sites for hydroxylation is 1. The number of aromatic nitrogens is 2. The molecule has 0 spiro atoms. The maximum atomic E-state index is 12.5. The predicted octanol–water partition coefficient (Wildman–Crippen LogP) is 3.79. The van der Waals surface area contributed by atoms with E-state index < -0.39 is 15.9 Å². The predicted molar refractivity (Wildman–Crippen MR) is 132 cm³/mol. The van der Waals surface area contributed by atoms with Gasteiger partial charge in [0.05, 0.1) is 16.2 Å². The Hall–Kier alpha value is -2.94. The van der Waals surface area contributed by atoms with Gasteiger partial charge in [0, 0.05) is 23.5 Å². The number of pyridine rings is 1. The molecule has 2 N–H and O–H groups in total. The minimum atomic E-state index is -3.33. The van der Waals surface area contributed by atoms with E-state index in [-0.39, 0.29) is 12.4 Å². The van der Waals surface area contributed by atoms with E-state index in [1.54, 1.807) is 31.3 Å². The number of likely N-dealkylation sites (N-methyl/N-ethyl adjacent to an activating group) is 1. The SMILES string of the molecule is CCS(=O)(=O)c1cccc(-c2ccc(OC[C@H](O)CN(C)C)c3[nH]c4ncc(C)cc4c23)c1. The summed E-state index contributed by atoms with van der Waals surface area (Å²) >= 11 is 0. The third-order valence-corrected chi connectivity index (χ3v) is 7.33. The summed E-state index contributed by atoms with van der Waals surface area (Å²) in [5.74, 6) is 0.656. The highest BCUT2D eigenvalue weighted by Crippen LogP contribution is 2.39. The van der Waals surface area contributed by atoms with E-state index >= 15 is 0 Å². The minimum absolute atomic E-state index is 0.0458. The highest BCUT2D eigenvalue weighted by atomic mass is 32.2. The fraction of sp³-hybridized carbons (Fsp3) is 0.320. The Morgan fingerprint density at radius 3 is 2.70 bits per heavy atom. The van der Waals surface area contributed by atoms with Crippen molar-refractivity contribution in [2.45, 2.75) is 24.8 Å². The van der Waals surface area contributed by atoms with Gasteiger partial charge < -0.3 is 19.7 Å². The maximum absolute atomic E-state index is 12.5. The van der Waals surface area contributed by atoms with Gasteiger partial charge in [0.2, 0.25) is 0 Å². The lowest BCUT2D eigenvalue weighted by atomic mass is 9.99. The number of aromatic amines is 1. The summed E-state index contributed by atoms with van der Waals surface area (Å²) in [5, 5.41) is 12.1. The van der Waals surface area contributed by atoms with Crippen LogP contribution in [0.2, 0.25) is 0 Å². The zero-order chi connectivity index (χ0) is 23.8. The Balaban J connectivity index is 1.87. The summed E-state index contributed by atoms with van der Waals surface area (Å²) in [6, 6.07) is 12.9. The molecule has 0 radical (unpaired) electrons. The molecule has 0 bridgehead atoms. The lowest BCUT2D eigenvalue weighted by molar-refractivity contribution is 0.0837. The van der Waals surface area contributed by atoms with Crippen LogP contribution in [0.5, 0.6) is 5.75 Å². The van der Waals surface area contributed by atoms with Gasteiger partial charge in [-0.3, -0.25) is 0 Å². The van der Waals surface area contributed by atoms with Crippen molar-refractivity contribution in [3.05, 3.63) is 54.2 Å². The minimum Gasteiger partial charge on any atom is -0.489 e. The topological polar surface area (TPSA) is 95.5 Å². The molecule has 8 heteroatoms. The van der Waals surface area contributed by atoms with E-state index in [1.807, 2.05) is 44.1 Å². The van der Waals surface area contributed by atoms with Crippen molar-refractivity contribution < 1.29 is 18.3 Å². The number of hydrogen-bond acceptors (Lipinski definition) is 6. The van der Waals surface area contributed by atoms with Crippen molar-refractivity contribution >= 4 is 31.8 Å². The van der Waals surface area contributed by atoms with Crippen LogP contribution >= 0.6 is 0 Å². The molecule has 0 unspecified atom stereocenters. The number of nitrogens with one attached hydrogen (secondary N) is 1. The number of aliphatic hydroxyl groups excluding tert-OH is 1. The average molecular weight is 468 g/mol. The maximum Gasteiger partial charge on any atom is 0.178 e. The van der Waals surface area contributed by atoms with Crippen molar-refractivity contribution in [2.24, 2.45) is 0 Å². The standard InChI is InChI=1S/C25H29N3O4S/c1-5-33(30,31)19-8-6-7-17(12-19)20-9-10-22(32-15-18(29)14-28(3)4)24-23(20)21-11-16(2)13-26-25(21)27-24/h6-13,18,29H,5,14-15H2,1-4H3,(H,26,27)/t18-/m1/s1. The van der Waals surface area contributed by atoms with Crippen LogP contribution in [0.3, 0.4) is 0 Å². The van der Waals surface area contributed by atoms with Gasteiger partial charge in [-0.05, 0) is 68.0 Å². The second-order valence-electron chi connectivity index (χ2n) is 8.55. The molecule has 0 aliphatic rings. The van der Waals surface area contributed by atoms with E-state index in [1.165, 1.54) is 0 Å². The largest absolute Gasteiger partial charge is 0.489 e. The number of ether oxygens (including phenoxy) is 1. The van der Waals surface area contributed by atoms with Gasteiger partial charge in [0.1, 0.15) is 24.1 Å². The Labute approximate surface area is 193 Å². The van der Waals surface area contributed by atoms with Crippen LogP contribution in [-0.2, 0) is 9.84 Å². The first kappa shape index (κ1) is 23.2. The van der Waals surface area contributed by atoms with Gasteiger partial charge in [0.25, 0.3) is 0 Å². The molecule has 1 atom stereocenters. The van der Waals surface area contributed by atoms with Crippen LogP contribution in [-0.4, -0.2) is 67.5 Å². The number of aliphatic hydroxyl groups is 1. The molecule has 0 aliphatic heterocycles. The molecule has 7 nitrogen and oxygen atoms in total. The monoisotopic (exact) mass is 467 g/mol. The van der Waals surface area contributed by atoms with Crippen LogP contribution < -0.4 is 4.74 Å². The number of nitrogens with zero attached hydrogens (tertiary/aromatic N) is 2. The van der Waals surface area contributed by atoms with Crippen LogP contribution in [0.4, 0.5) is 0 Å². The number of rotatable bonds is 8. The van der Waals surface area contributed by atoms with Crippen LogP contribution in [0.25, 0.3) is 33.1 Å². The van der Waals surface area contributed by atoms with Gasteiger partial charge in [-0.2, -0.15) is 0 Å². The molecule has 0 saturated heterocycles. The molecule has 0 fully saturated rings. The first-order chi connectivity index (χ1) is 15.7. The third kappa shape index (κ3) is 4.73. The molecule has 2 aromatic heterocycles. The van der Waals surface area contributed by atoms with E-state index in [2.05, 4.69) is 16.0 Å². The van der Waals surface area contributed by atoms with Gasteiger partial charge in [-0.1, -0.05) is 19.1 Å². The number of fused-ring (bicyclic) bond motifs is 3. The number of hydrogen-bond donors (Lipinski definition) is 2. The average Bonchev–Trinajstić information content (AvgIpc) is 3.16. The van der Waals surface area contributed by atoms with E-state index in [0.717, 1.165) is 38.6 Å². The fourth-order valence-corrected chi connectivity index (χ4v) is 4.94. The van der Waals surface area contributed by atoms with E-state index in [4.69, 9.17) is 4.74 Å². The van der Waals surface area contributed by atoms with Gasteiger partial charge in [-0.25, -0.2) is 13.4 Å². The molecule has 174 valence electrons. The smallest absolute Gasteiger partial charge is 0.178 e. The lowest BCUT2D eigenvalue weighted by Crippen LogP contribution is -2.30. The van der Waals surface area contributed by atoms with Crippen molar-refractivity contribution in [1.82, 2.24) is 14.9 Å². The van der Waals surface area contributed by atoms with Crippen molar-refractivity contribution in [1.29, 1.82) is 0 Å². The molecule has 4 aromatic rings. The van der Waals surface area contributed by atoms with Crippen molar-refractivity contribution in [3.63, 3.8) is 0 Å². The zero-order valence-corrected chi connectivity index (χ0v) is 20.1.